The molecule has 0 spiro atoms. The maximum absolute atomic E-state index is 13.3. The zero-order valence-electron chi connectivity index (χ0n) is 21.9. The van der Waals surface area contributed by atoms with Gasteiger partial charge in [0, 0.05) is 24.7 Å². The van der Waals surface area contributed by atoms with Crippen molar-refractivity contribution in [2.24, 2.45) is 0 Å². The Labute approximate surface area is 212 Å². The number of nitrogens with zero attached hydrogens (tertiary/aromatic N) is 2. The highest BCUT2D eigenvalue weighted by atomic mass is 16.6. The number of hydrogen-bond donors (Lipinski definition) is 1. The first-order valence-corrected chi connectivity index (χ1v) is 12.0. The molecule has 8 heteroatoms. The van der Waals surface area contributed by atoms with Crippen molar-refractivity contribution in [3.63, 3.8) is 0 Å². The van der Waals surface area contributed by atoms with E-state index in [-0.39, 0.29) is 18.9 Å². The molecule has 0 bridgehead atoms. The molecule has 0 unspecified atom stereocenters. The topological polar surface area (TPSA) is 90.0 Å². The number of alkyl carbamates (subject to hydrolysis) is 1. The Balaban J connectivity index is 1.92. The van der Waals surface area contributed by atoms with Crippen LogP contribution in [0.4, 0.5) is 4.79 Å². The summed E-state index contributed by atoms with van der Waals surface area (Å²) in [5.41, 5.74) is 1.87. The molecule has 0 aliphatic rings. The van der Waals surface area contributed by atoms with Crippen LogP contribution in [0, 0.1) is 0 Å². The molecular formula is C28H35N3O5. The molecule has 0 fully saturated rings. The van der Waals surface area contributed by atoms with Crippen LogP contribution in [0.5, 0.6) is 11.5 Å². The van der Waals surface area contributed by atoms with Crippen LogP contribution < -0.4 is 14.8 Å². The fraction of sp³-hybridized carbons (Fsp3) is 0.393. The molecule has 0 saturated carbocycles. The number of fused-ring (bicyclic) bond motifs is 1. The zero-order valence-corrected chi connectivity index (χ0v) is 21.9. The van der Waals surface area contributed by atoms with Crippen molar-refractivity contribution >= 4 is 22.8 Å². The molecule has 3 rings (SSSR count). The van der Waals surface area contributed by atoms with E-state index in [9.17, 15) is 9.59 Å². The first kappa shape index (κ1) is 26.8. The maximum Gasteiger partial charge on any atom is 0.407 e. The second kappa shape index (κ2) is 11.7. The highest BCUT2D eigenvalue weighted by molar-refractivity contribution is 5.93. The quantitative estimate of drug-likeness (QED) is 0.458. The molecule has 1 N–H and O–H groups in total. The van der Waals surface area contributed by atoms with E-state index >= 15 is 0 Å². The van der Waals surface area contributed by atoms with E-state index < -0.39 is 11.7 Å². The lowest BCUT2D eigenvalue weighted by Crippen LogP contribution is -2.32. The molecule has 192 valence electrons. The van der Waals surface area contributed by atoms with Gasteiger partial charge in [-0.3, -0.25) is 9.78 Å². The van der Waals surface area contributed by atoms with Crippen LogP contribution in [0.15, 0.2) is 48.7 Å². The van der Waals surface area contributed by atoms with E-state index in [0.29, 0.717) is 30.3 Å². The molecule has 1 aromatic heterocycles. The number of carbonyl (C=O) groups is 2. The van der Waals surface area contributed by atoms with Crippen LogP contribution in [-0.2, 0) is 29.0 Å². The smallest absolute Gasteiger partial charge is 0.407 e. The predicted molar refractivity (Wildman–Crippen MR) is 139 cm³/mol. The highest BCUT2D eigenvalue weighted by Crippen LogP contribution is 2.35. The van der Waals surface area contributed by atoms with Gasteiger partial charge in [0.1, 0.15) is 5.60 Å². The molecule has 3 aromatic rings. The van der Waals surface area contributed by atoms with E-state index in [1.165, 1.54) is 0 Å². The number of aromatic nitrogens is 1. The Morgan fingerprint density at radius 3 is 2.22 bits per heavy atom. The average molecular weight is 494 g/mol. The number of amides is 2. The second-order valence-corrected chi connectivity index (χ2v) is 9.41. The van der Waals surface area contributed by atoms with Gasteiger partial charge >= 0.3 is 6.09 Å². The molecule has 1 heterocycles. The third-order valence-electron chi connectivity index (χ3n) is 5.65. The summed E-state index contributed by atoms with van der Waals surface area (Å²) < 4.78 is 16.4. The van der Waals surface area contributed by atoms with E-state index in [1.807, 2.05) is 54.3 Å². The van der Waals surface area contributed by atoms with Gasteiger partial charge in [-0.25, -0.2) is 4.79 Å². The molecular weight excluding hydrogens is 458 g/mol. The van der Waals surface area contributed by atoms with Crippen molar-refractivity contribution in [2.75, 3.05) is 20.8 Å². The number of methoxy groups -OCH3 is 2. The lowest BCUT2D eigenvalue weighted by Gasteiger charge is -2.22. The van der Waals surface area contributed by atoms with Crippen LogP contribution in [0.2, 0.25) is 0 Å². The number of nitrogens with one attached hydrogen (secondary N) is 1. The van der Waals surface area contributed by atoms with Gasteiger partial charge in [0.25, 0.3) is 0 Å². The zero-order chi connectivity index (χ0) is 26.3. The number of pyridine rings is 1. The molecule has 0 aliphatic heterocycles. The van der Waals surface area contributed by atoms with Crippen molar-refractivity contribution in [1.82, 2.24) is 15.2 Å². The molecule has 8 nitrogen and oxygen atoms in total. The molecule has 0 aliphatic carbocycles. The summed E-state index contributed by atoms with van der Waals surface area (Å²) in [5.74, 6) is 1.08. The van der Waals surface area contributed by atoms with Crippen LogP contribution >= 0.6 is 0 Å². The first-order valence-electron chi connectivity index (χ1n) is 12.0. The molecule has 2 amide bonds. The van der Waals surface area contributed by atoms with Crippen molar-refractivity contribution < 1.29 is 23.8 Å². The summed E-state index contributed by atoms with van der Waals surface area (Å²) in [6.45, 7) is 8.67. The summed E-state index contributed by atoms with van der Waals surface area (Å²) in [6.07, 6.45) is 1.34. The van der Waals surface area contributed by atoms with E-state index in [0.717, 1.165) is 21.9 Å². The van der Waals surface area contributed by atoms with Crippen molar-refractivity contribution in [3.05, 3.63) is 65.5 Å². The van der Waals surface area contributed by atoms with Gasteiger partial charge in [0.05, 0.1) is 32.9 Å². The van der Waals surface area contributed by atoms with Crippen molar-refractivity contribution in [2.45, 2.75) is 52.8 Å². The number of benzene rings is 2. The van der Waals surface area contributed by atoms with Gasteiger partial charge in [-0.2, -0.15) is 0 Å². The fourth-order valence-corrected chi connectivity index (χ4v) is 3.89. The number of carbonyl (C=O) groups excluding carboxylic acids is 2. The Kier molecular flexibility index (Phi) is 8.74. The van der Waals surface area contributed by atoms with E-state index in [4.69, 9.17) is 14.2 Å². The monoisotopic (exact) mass is 493 g/mol. The molecule has 0 saturated heterocycles. The summed E-state index contributed by atoms with van der Waals surface area (Å²) in [7, 11) is 3.13. The Morgan fingerprint density at radius 1 is 1.00 bits per heavy atom. The van der Waals surface area contributed by atoms with E-state index in [1.54, 1.807) is 41.2 Å². The van der Waals surface area contributed by atoms with Gasteiger partial charge in [0.2, 0.25) is 5.91 Å². The second-order valence-electron chi connectivity index (χ2n) is 9.41. The van der Waals surface area contributed by atoms with Crippen LogP contribution in [0.25, 0.3) is 10.8 Å². The summed E-state index contributed by atoms with van der Waals surface area (Å²) in [5, 5.41) is 4.33. The Bertz CT molecular complexity index is 1210. The maximum atomic E-state index is 13.3. The third-order valence-corrected chi connectivity index (χ3v) is 5.65. The number of ether oxygens (including phenoxy) is 3. The predicted octanol–water partition coefficient (Wildman–Crippen LogP) is 4.87. The number of hydrogen-bond acceptors (Lipinski definition) is 6. The molecule has 0 radical (unpaired) electrons. The SMILES string of the molecule is CCN(Cc1ccccc1)C(=O)Cc1cnc(CNC(=O)OC(C)(C)C)c2cc(OC)c(OC)cc12. The molecule has 36 heavy (non-hydrogen) atoms. The fourth-order valence-electron chi connectivity index (χ4n) is 3.89. The van der Waals surface area contributed by atoms with Gasteiger partial charge in [-0.1, -0.05) is 30.3 Å². The minimum atomic E-state index is -0.606. The minimum Gasteiger partial charge on any atom is -0.493 e. The largest absolute Gasteiger partial charge is 0.493 e. The molecule has 2 aromatic carbocycles. The lowest BCUT2D eigenvalue weighted by molar-refractivity contribution is -0.130. The summed E-state index contributed by atoms with van der Waals surface area (Å²) in [6, 6.07) is 13.6. The summed E-state index contributed by atoms with van der Waals surface area (Å²) in [4.78, 5) is 31.9. The van der Waals surface area contributed by atoms with Crippen LogP contribution in [0.1, 0.15) is 44.5 Å². The van der Waals surface area contributed by atoms with Crippen LogP contribution in [0.3, 0.4) is 0 Å². The Hall–Kier alpha value is -3.81. The standard InChI is InChI=1S/C28H35N3O5/c1-7-31(18-19-11-9-8-10-12-19)26(32)13-20-16-29-23(17-30-27(33)36-28(2,3)4)22-15-25(35-6)24(34-5)14-21(20)22/h8-12,14-16H,7,13,17-18H2,1-6H3,(H,30,33). The van der Waals surface area contributed by atoms with Gasteiger partial charge in [-0.15, -0.1) is 0 Å². The summed E-state index contributed by atoms with van der Waals surface area (Å²) >= 11 is 0. The lowest BCUT2D eigenvalue weighted by atomic mass is 10.0. The highest BCUT2D eigenvalue weighted by Gasteiger charge is 2.20. The van der Waals surface area contributed by atoms with Crippen LogP contribution in [-0.4, -0.2) is 48.2 Å². The van der Waals surface area contributed by atoms with Gasteiger partial charge in [-0.05, 0) is 56.3 Å². The van der Waals surface area contributed by atoms with E-state index in [2.05, 4.69) is 10.3 Å². The van der Waals surface area contributed by atoms with Crippen molar-refractivity contribution in [1.29, 1.82) is 0 Å². The number of likely N-dealkylation sites (N-methyl/N-ethyl adjacent to an activating group) is 1. The molecule has 0 atom stereocenters. The van der Waals surface area contributed by atoms with Gasteiger partial charge < -0.3 is 24.4 Å². The van der Waals surface area contributed by atoms with Gasteiger partial charge in [0.15, 0.2) is 11.5 Å². The Morgan fingerprint density at radius 2 is 1.64 bits per heavy atom. The first-order chi connectivity index (χ1) is 17.1. The third kappa shape index (κ3) is 6.87. The minimum absolute atomic E-state index is 0.00105. The van der Waals surface area contributed by atoms with Crippen molar-refractivity contribution in [3.8, 4) is 11.5 Å². The average Bonchev–Trinajstić information content (AvgIpc) is 2.85. The number of rotatable bonds is 9. The normalized spacial score (nSPS) is 11.2.